The minimum atomic E-state index is -3.58. The predicted octanol–water partition coefficient (Wildman–Crippen LogP) is 1.56. The molecule has 8 nitrogen and oxygen atoms in total. The molecule has 1 saturated heterocycles. The van der Waals surface area contributed by atoms with E-state index < -0.39 is 10.0 Å². The predicted molar refractivity (Wildman–Crippen MR) is 108 cm³/mol. The fourth-order valence-electron chi connectivity index (χ4n) is 3.80. The van der Waals surface area contributed by atoms with Crippen molar-refractivity contribution in [3.8, 4) is 5.75 Å². The fraction of sp³-hybridized carbons (Fsp3) is 0.350. The molecule has 1 aromatic heterocycles. The van der Waals surface area contributed by atoms with Crippen molar-refractivity contribution < 1.29 is 17.9 Å². The van der Waals surface area contributed by atoms with Crippen molar-refractivity contribution in [3.05, 3.63) is 59.4 Å². The highest BCUT2D eigenvalue weighted by atomic mass is 32.2. The molecule has 3 heterocycles. The van der Waals surface area contributed by atoms with Gasteiger partial charge >= 0.3 is 0 Å². The number of pyridine rings is 1. The van der Waals surface area contributed by atoms with Gasteiger partial charge < -0.3 is 15.4 Å². The van der Waals surface area contributed by atoms with Crippen LogP contribution in [0.1, 0.15) is 34.3 Å². The van der Waals surface area contributed by atoms with Crippen molar-refractivity contribution in [2.24, 2.45) is 16.0 Å². The number of rotatable bonds is 4. The molecule has 4 rings (SSSR count). The average molecular weight is 414 g/mol. The van der Waals surface area contributed by atoms with Gasteiger partial charge in [-0.25, -0.2) is 8.42 Å². The van der Waals surface area contributed by atoms with Crippen molar-refractivity contribution in [2.45, 2.75) is 18.6 Å². The summed E-state index contributed by atoms with van der Waals surface area (Å²) in [6.07, 6.45) is 5.08. The maximum Gasteiger partial charge on any atom is 0.259 e. The van der Waals surface area contributed by atoms with Gasteiger partial charge in [0, 0.05) is 37.0 Å². The molecule has 29 heavy (non-hydrogen) atoms. The lowest BCUT2D eigenvalue weighted by molar-refractivity contribution is 0.0633. The van der Waals surface area contributed by atoms with Crippen LogP contribution in [0.2, 0.25) is 0 Å². The number of hydrogen-bond acceptors (Lipinski definition) is 6. The molecule has 2 N–H and O–H groups in total. The van der Waals surface area contributed by atoms with Gasteiger partial charge in [0.15, 0.2) is 0 Å². The van der Waals surface area contributed by atoms with Gasteiger partial charge in [-0.2, -0.15) is 0 Å². The summed E-state index contributed by atoms with van der Waals surface area (Å²) in [7, 11) is -3.58. The third kappa shape index (κ3) is 4.24. The topological polar surface area (TPSA) is 115 Å². The number of amides is 1. The molecule has 0 unspecified atom stereocenters. The molecule has 0 bridgehead atoms. The monoisotopic (exact) mass is 414 g/mol. The van der Waals surface area contributed by atoms with Gasteiger partial charge in [-0.1, -0.05) is 12.1 Å². The summed E-state index contributed by atoms with van der Waals surface area (Å²) in [4.78, 5) is 18.5. The minimum Gasteiger partial charge on any atom is -0.492 e. The molecule has 1 atom stereocenters. The number of sulfonamides is 1. The number of likely N-dealkylation sites (tertiary alicyclic amines) is 1. The Labute approximate surface area is 169 Å². The molecule has 1 fully saturated rings. The van der Waals surface area contributed by atoms with Crippen LogP contribution in [0.5, 0.6) is 5.75 Å². The maximum absolute atomic E-state index is 12.7. The SMILES string of the molecule is NC1=NS(=O)(=O)Cc2cccc(OC[C@H]3CCCN(C(=O)c4ccncc4)C3)c21. The van der Waals surface area contributed by atoms with E-state index in [1.54, 1.807) is 42.7 Å². The van der Waals surface area contributed by atoms with E-state index in [2.05, 4.69) is 9.38 Å². The van der Waals surface area contributed by atoms with Crippen LogP contribution in [-0.2, 0) is 15.8 Å². The number of fused-ring (bicyclic) bond motifs is 1. The lowest BCUT2D eigenvalue weighted by Crippen LogP contribution is -2.41. The first-order valence-corrected chi connectivity index (χ1v) is 11.1. The number of aromatic nitrogens is 1. The molecule has 0 spiro atoms. The Morgan fingerprint density at radius 3 is 2.83 bits per heavy atom. The smallest absolute Gasteiger partial charge is 0.259 e. The van der Waals surface area contributed by atoms with E-state index >= 15 is 0 Å². The van der Waals surface area contributed by atoms with Gasteiger partial charge in [-0.05, 0) is 36.6 Å². The van der Waals surface area contributed by atoms with Gasteiger partial charge in [0.05, 0.1) is 17.9 Å². The van der Waals surface area contributed by atoms with Crippen molar-refractivity contribution in [1.29, 1.82) is 0 Å². The van der Waals surface area contributed by atoms with Crippen LogP contribution in [0.15, 0.2) is 47.1 Å². The Morgan fingerprint density at radius 2 is 2.03 bits per heavy atom. The number of carbonyl (C=O) groups is 1. The normalized spacial score (nSPS) is 20.5. The molecule has 0 saturated carbocycles. The Kier molecular flexibility index (Phi) is 5.23. The van der Waals surface area contributed by atoms with E-state index in [1.165, 1.54) is 0 Å². The molecule has 152 valence electrons. The molecule has 2 aliphatic rings. The number of hydrogen-bond donors (Lipinski definition) is 1. The first-order chi connectivity index (χ1) is 13.9. The molecule has 0 radical (unpaired) electrons. The van der Waals surface area contributed by atoms with E-state index in [1.807, 2.05) is 4.90 Å². The van der Waals surface area contributed by atoms with Crippen LogP contribution >= 0.6 is 0 Å². The number of benzene rings is 1. The van der Waals surface area contributed by atoms with Crippen LogP contribution in [0.4, 0.5) is 0 Å². The van der Waals surface area contributed by atoms with Gasteiger partial charge in [-0.15, -0.1) is 4.40 Å². The van der Waals surface area contributed by atoms with E-state index in [9.17, 15) is 13.2 Å². The Hall–Kier alpha value is -2.94. The van der Waals surface area contributed by atoms with Crippen LogP contribution < -0.4 is 10.5 Å². The molecule has 0 aliphatic carbocycles. The maximum atomic E-state index is 12.7. The van der Waals surface area contributed by atoms with E-state index in [0.29, 0.717) is 35.6 Å². The van der Waals surface area contributed by atoms with Gasteiger partial charge in [-0.3, -0.25) is 9.78 Å². The zero-order valence-electron chi connectivity index (χ0n) is 15.8. The molecule has 1 aromatic carbocycles. The van der Waals surface area contributed by atoms with Crippen molar-refractivity contribution in [1.82, 2.24) is 9.88 Å². The highest BCUT2D eigenvalue weighted by molar-refractivity contribution is 7.89. The molecular formula is C20H22N4O4S. The Morgan fingerprint density at radius 1 is 1.24 bits per heavy atom. The van der Waals surface area contributed by atoms with Gasteiger partial charge in [0.1, 0.15) is 11.6 Å². The van der Waals surface area contributed by atoms with Crippen LogP contribution in [-0.4, -0.2) is 49.7 Å². The van der Waals surface area contributed by atoms with Crippen LogP contribution in [0.25, 0.3) is 0 Å². The molecular weight excluding hydrogens is 392 g/mol. The summed E-state index contributed by atoms with van der Waals surface area (Å²) in [5, 5.41) is 0. The Balaban J connectivity index is 1.44. The third-order valence-corrected chi connectivity index (χ3v) is 6.30. The zero-order valence-corrected chi connectivity index (χ0v) is 16.6. The lowest BCUT2D eigenvalue weighted by Gasteiger charge is -2.33. The number of ether oxygens (including phenoxy) is 1. The summed E-state index contributed by atoms with van der Waals surface area (Å²) in [5.74, 6) is 0.473. The lowest BCUT2D eigenvalue weighted by atomic mass is 9.98. The standard InChI is InChI=1S/C20H22N4O4S/c21-19-18-16(13-29(26,27)23-19)4-1-5-17(18)28-12-14-3-2-10-24(11-14)20(25)15-6-8-22-9-7-15/h1,4-9,14H,2-3,10-13H2,(H2,21,23)/t14-/m0/s1. The minimum absolute atomic E-state index is 0.00391. The van der Waals surface area contributed by atoms with E-state index in [4.69, 9.17) is 10.5 Å². The molecule has 2 aliphatic heterocycles. The van der Waals surface area contributed by atoms with Crippen LogP contribution in [0.3, 0.4) is 0 Å². The second-order valence-corrected chi connectivity index (χ2v) is 8.93. The first kappa shape index (κ1) is 19.4. The second-order valence-electron chi connectivity index (χ2n) is 7.30. The summed E-state index contributed by atoms with van der Waals surface area (Å²) in [6, 6.07) is 8.67. The largest absolute Gasteiger partial charge is 0.492 e. The fourth-order valence-corrected chi connectivity index (χ4v) is 4.89. The number of amidine groups is 1. The highest BCUT2D eigenvalue weighted by Crippen LogP contribution is 2.29. The highest BCUT2D eigenvalue weighted by Gasteiger charge is 2.27. The van der Waals surface area contributed by atoms with Crippen LogP contribution in [0, 0.1) is 5.92 Å². The zero-order chi connectivity index (χ0) is 20.4. The van der Waals surface area contributed by atoms with E-state index in [0.717, 1.165) is 19.4 Å². The van der Waals surface area contributed by atoms with Gasteiger partial charge in [0.25, 0.3) is 15.9 Å². The number of nitrogens with zero attached hydrogens (tertiary/aromatic N) is 3. The number of piperidine rings is 1. The summed E-state index contributed by atoms with van der Waals surface area (Å²) >= 11 is 0. The van der Waals surface area contributed by atoms with Crippen molar-refractivity contribution in [2.75, 3.05) is 19.7 Å². The summed E-state index contributed by atoms with van der Waals surface area (Å²) in [6.45, 7) is 1.74. The molecule has 1 amide bonds. The van der Waals surface area contributed by atoms with Gasteiger partial charge in [0.2, 0.25) is 0 Å². The third-order valence-electron chi connectivity index (χ3n) is 5.15. The second kappa shape index (κ2) is 7.82. The quantitative estimate of drug-likeness (QED) is 0.812. The number of nitrogens with two attached hydrogens (primary N) is 1. The summed E-state index contributed by atoms with van der Waals surface area (Å²) < 4.78 is 33.2. The Bertz CT molecular complexity index is 1050. The summed E-state index contributed by atoms with van der Waals surface area (Å²) in [5.41, 5.74) is 7.65. The van der Waals surface area contributed by atoms with Crippen molar-refractivity contribution >= 4 is 21.8 Å². The first-order valence-electron chi connectivity index (χ1n) is 9.45. The van der Waals surface area contributed by atoms with E-state index in [-0.39, 0.29) is 23.4 Å². The molecule has 2 aromatic rings. The average Bonchev–Trinajstić information content (AvgIpc) is 2.71. The molecule has 9 heteroatoms. The van der Waals surface area contributed by atoms with Crippen molar-refractivity contribution in [3.63, 3.8) is 0 Å². The number of carbonyl (C=O) groups excluding carboxylic acids is 1.